The molecular weight excluding hydrogens is 276 g/mol. The van der Waals surface area contributed by atoms with Crippen molar-refractivity contribution in [3.8, 4) is 17.9 Å². The average molecular weight is 294 g/mol. The van der Waals surface area contributed by atoms with E-state index in [1.165, 1.54) is 0 Å². The number of nitriles is 2. The van der Waals surface area contributed by atoms with Crippen molar-refractivity contribution in [1.29, 1.82) is 10.5 Å². The largest absolute Gasteiger partial charge is 0.497 e. The lowest BCUT2D eigenvalue weighted by Crippen LogP contribution is -2.21. The monoisotopic (exact) mass is 294 g/mol. The van der Waals surface area contributed by atoms with Crippen LogP contribution < -0.4 is 4.74 Å². The highest BCUT2D eigenvalue weighted by atomic mass is 16.5. The smallest absolute Gasteiger partial charge is 0.133 e. The van der Waals surface area contributed by atoms with Gasteiger partial charge in [0.2, 0.25) is 0 Å². The Labute approximate surface area is 130 Å². The first-order chi connectivity index (χ1) is 10.7. The quantitative estimate of drug-likeness (QED) is 0.631. The van der Waals surface area contributed by atoms with Gasteiger partial charge < -0.3 is 9.53 Å². The maximum atomic E-state index is 10.8. The SMILES string of the molecule is COc1ccc2c(c1)CC[C@@H]([C@H](C)CC=O)C2=C(C#N)C#N. The first-order valence-corrected chi connectivity index (χ1v) is 7.31. The van der Waals surface area contributed by atoms with Crippen LogP contribution in [0.4, 0.5) is 0 Å². The Morgan fingerprint density at radius 3 is 2.77 bits per heavy atom. The number of nitrogens with zero attached hydrogens (tertiary/aromatic N) is 2. The van der Waals surface area contributed by atoms with Crippen molar-refractivity contribution in [2.24, 2.45) is 11.8 Å². The molecule has 0 radical (unpaired) electrons. The summed E-state index contributed by atoms with van der Waals surface area (Å²) in [4.78, 5) is 10.8. The van der Waals surface area contributed by atoms with Crippen LogP contribution in [0.3, 0.4) is 0 Å². The van der Waals surface area contributed by atoms with Crippen LogP contribution in [0.25, 0.3) is 5.57 Å². The molecule has 2 atom stereocenters. The first-order valence-electron chi connectivity index (χ1n) is 7.31. The van der Waals surface area contributed by atoms with E-state index >= 15 is 0 Å². The molecule has 4 nitrogen and oxygen atoms in total. The van der Waals surface area contributed by atoms with Crippen LogP contribution in [-0.2, 0) is 11.2 Å². The summed E-state index contributed by atoms with van der Waals surface area (Å²) in [5.74, 6) is 0.938. The van der Waals surface area contributed by atoms with Gasteiger partial charge in [-0.05, 0) is 53.5 Å². The predicted molar refractivity (Wildman–Crippen MR) is 82.8 cm³/mol. The third kappa shape index (κ3) is 2.87. The Kier molecular flexibility index (Phi) is 4.96. The Morgan fingerprint density at radius 1 is 1.45 bits per heavy atom. The van der Waals surface area contributed by atoms with Crippen molar-refractivity contribution < 1.29 is 9.53 Å². The Balaban J connectivity index is 2.59. The number of carbonyl (C=O) groups is 1. The third-order valence-electron chi connectivity index (χ3n) is 4.35. The minimum atomic E-state index is 0.0559. The molecule has 1 aliphatic carbocycles. The topological polar surface area (TPSA) is 73.9 Å². The van der Waals surface area contributed by atoms with E-state index in [1.54, 1.807) is 7.11 Å². The van der Waals surface area contributed by atoms with E-state index in [4.69, 9.17) is 4.74 Å². The standard InChI is InChI=1S/C18H18N2O2/c1-12(7-8-21)16-5-3-13-9-15(22-2)4-6-17(13)18(16)14(10-19)11-20/h4,6,8-9,12,16H,3,5,7H2,1-2H3/t12-,16+/m1/s1. The second-order valence-corrected chi connectivity index (χ2v) is 5.56. The first kappa shape index (κ1) is 15.8. The molecule has 1 aliphatic rings. The molecule has 0 saturated heterocycles. The number of rotatable bonds is 4. The fraction of sp³-hybridized carbons (Fsp3) is 0.389. The summed E-state index contributed by atoms with van der Waals surface area (Å²) in [5, 5.41) is 18.6. The molecule has 0 aromatic heterocycles. The normalized spacial score (nSPS) is 17.6. The number of allylic oxidation sites excluding steroid dienone is 2. The average Bonchev–Trinajstić information content (AvgIpc) is 2.55. The van der Waals surface area contributed by atoms with Crippen molar-refractivity contribution >= 4 is 11.9 Å². The van der Waals surface area contributed by atoms with Crippen molar-refractivity contribution in [3.05, 3.63) is 34.9 Å². The maximum Gasteiger partial charge on any atom is 0.133 e. The molecule has 0 N–H and O–H groups in total. The van der Waals surface area contributed by atoms with E-state index in [0.717, 1.165) is 41.6 Å². The summed E-state index contributed by atoms with van der Waals surface area (Å²) in [6.45, 7) is 2.00. The van der Waals surface area contributed by atoms with Crippen LogP contribution in [0.2, 0.25) is 0 Å². The van der Waals surface area contributed by atoms with E-state index in [2.05, 4.69) is 0 Å². The van der Waals surface area contributed by atoms with Gasteiger partial charge in [0.1, 0.15) is 29.7 Å². The van der Waals surface area contributed by atoms with E-state index in [9.17, 15) is 15.3 Å². The minimum Gasteiger partial charge on any atom is -0.497 e. The molecule has 0 aliphatic heterocycles. The molecule has 0 unspecified atom stereocenters. The summed E-state index contributed by atoms with van der Waals surface area (Å²) in [7, 11) is 1.62. The summed E-state index contributed by atoms with van der Waals surface area (Å²) in [6.07, 6.45) is 3.03. The highest BCUT2D eigenvalue weighted by Gasteiger charge is 2.31. The zero-order valence-electron chi connectivity index (χ0n) is 12.8. The molecule has 112 valence electrons. The van der Waals surface area contributed by atoms with Crippen molar-refractivity contribution in [2.75, 3.05) is 7.11 Å². The van der Waals surface area contributed by atoms with E-state index in [1.807, 2.05) is 37.3 Å². The molecule has 0 bridgehead atoms. The number of methoxy groups -OCH3 is 1. The molecule has 0 fully saturated rings. The predicted octanol–water partition coefficient (Wildman–Crippen LogP) is 3.28. The summed E-state index contributed by atoms with van der Waals surface area (Å²) in [6, 6.07) is 9.75. The van der Waals surface area contributed by atoms with Gasteiger partial charge in [0.25, 0.3) is 0 Å². The van der Waals surface area contributed by atoms with Gasteiger partial charge in [0, 0.05) is 6.42 Å². The Morgan fingerprint density at radius 2 is 2.18 bits per heavy atom. The lowest BCUT2D eigenvalue weighted by Gasteiger charge is -2.32. The minimum absolute atomic E-state index is 0.0559. The number of hydrogen-bond donors (Lipinski definition) is 0. The van der Waals surface area contributed by atoms with Crippen molar-refractivity contribution in [2.45, 2.75) is 26.2 Å². The van der Waals surface area contributed by atoms with Crippen molar-refractivity contribution in [1.82, 2.24) is 0 Å². The molecule has 0 amide bonds. The molecule has 0 spiro atoms. The molecule has 2 rings (SSSR count). The van der Waals surface area contributed by atoms with Gasteiger partial charge in [-0.15, -0.1) is 0 Å². The zero-order chi connectivity index (χ0) is 16.1. The van der Waals surface area contributed by atoms with E-state index in [-0.39, 0.29) is 17.4 Å². The van der Waals surface area contributed by atoms with Crippen LogP contribution in [0, 0.1) is 34.5 Å². The lowest BCUT2D eigenvalue weighted by molar-refractivity contribution is -0.108. The van der Waals surface area contributed by atoms with Crippen LogP contribution in [0.15, 0.2) is 23.8 Å². The molecule has 1 aromatic carbocycles. The maximum absolute atomic E-state index is 10.8. The number of aldehydes is 1. The van der Waals surface area contributed by atoms with E-state index < -0.39 is 0 Å². The molecule has 4 heteroatoms. The number of fused-ring (bicyclic) bond motifs is 1. The Bertz CT molecular complexity index is 676. The van der Waals surface area contributed by atoms with Crippen molar-refractivity contribution in [3.63, 3.8) is 0 Å². The highest BCUT2D eigenvalue weighted by Crippen LogP contribution is 2.42. The van der Waals surface area contributed by atoms with Crippen LogP contribution in [-0.4, -0.2) is 13.4 Å². The molecule has 0 heterocycles. The second-order valence-electron chi connectivity index (χ2n) is 5.56. The lowest BCUT2D eigenvalue weighted by atomic mass is 9.71. The van der Waals surface area contributed by atoms with E-state index in [0.29, 0.717) is 6.42 Å². The number of aryl methyl sites for hydroxylation is 1. The molecule has 0 saturated carbocycles. The summed E-state index contributed by atoms with van der Waals surface area (Å²) < 4.78 is 5.25. The van der Waals surface area contributed by atoms with Crippen LogP contribution >= 0.6 is 0 Å². The Hall–Kier alpha value is -2.59. The zero-order valence-corrected chi connectivity index (χ0v) is 12.8. The number of ether oxygens (including phenoxy) is 1. The van der Waals surface area contributed by atoms with Gasteiger partial charge in [-0.2, -0.15) is 10.5 Å². The van der Waals surface area contributed by atoms with Gasteiger partial charge in [-0.1, -0.05) is 13.0 Å². The fourth-order valence-electron chi connectivity index (χ4n) is 3.17. The number of carbonyl (C=O) groups excluding carboxylic acids is 1. The third-order valence-corrected chi connectivity index (χ3v) is 4.35. The molecule has 1 aromatic rings. The number of benzene rings is 1. The molecular formula is C18H18N2O2. The molecule has 22 heavy (non-hydrogen) atoms. The van der Waals surface area contributed by atoms with Gasteiger partial charge in [0.15, 0.2) is 0 Å². The van der Waals surface area contributed by atoms with Gasteiger partial charge in [-0.25, -0.2) is 0 Å². The summed E-state index contributed by atoms with van der Waals surface area (Å²) >= 11 is 0. The summed E-state index contributed by atoms with van der Waals surface area (Å²) in [5.41, 5.74) is 2.96. The van der Waals surface area contributed by atoms with Gasteiger partial charge >= 0.3 is 0 Å². The number of hydrogen-bond acceptors (Lipinski definition) is 4. The second kappa shape index (κ2) is 6.91. The van der Waals surface area contributed by atoms with Crippen LogP contribution in [0.5, 0.6) is 5.75 Å². The van der Waals surface area contributed by atoms with Gasteiger partial charge in [0.05, 0.1) is 7.11 Å². The van der Waals surface area contributed by atoms with Crippen LogP contribution in [0.1, 0.15) is 30.9 Å². The fourth-order valence-corrected chi connectivity index (χ4v) is 3.17. The van der Waals surface area contributed by atoms with Gasteiger partial charge in [-0.3, -0.25) is 0 Å². The highest BCUT2D eigenvalue weighted by molar-refractivity contribution is 5.80.